The van der Waals surface area contributed by atoms with Gasteiger partial charge < -0.3 is 0 Å². The normalized spacial score (nSPS) is 21.0. The molecule has 0 spiro atoms. The highest BCUT2D eigenvalue weighted by Gasteiger charge is 2.17. The van der Waals surface area contributed by atoms with Gasteiger partial charge >= 0.3 is 0 Å². The summed E-state index contributed by atoms with van der Waals surface area (Å²) >= 11 is 0. The fourth-order valence-corrected chi connectivity index (χ4v) is 2.69. The molecule has 0 saturated heterocycles. The van der Waals surface area contributed by atoms with E-state index in [4.69, 9.17) is 0 Å². The molecule has 0 aromatic rings. The Bertz CT molecular complexity index is 122. The van der Waals surface area contributed by atoms with Crippen LogP contribution in [0.5, 0.6) is 0 Å². The smallest absolute Gasteiger partial charge is 0.0383 e. The van der Waals surface area contributed by atoms with E-state index >= 15 is 0 Å². The van der Waals surface area contributed by atoms with Gasteiger partial charge in [-0.05, 0) is 31.1 Å². The van der Waals surface area contributed by atoms with Crippen LogP contribution in [0.2, 0.25) is 0 Å². The molecular weight excluding hydrogens is 168 g/mol. The predicted octanol–water partition coefficient (Wildman–Crippen LogP) is 4.99. The lowest BCUT2D eigenvalue weighted by atomic mass is 9.80. The molecule has 1 rings (SSSR count). The van der Waals surface area contributed by atoms with Crippen molar-refractivity contribution in [2.45, 2.75) is 71.6 Å². The van der Waals surface area contributed by atoms with Crippen molar-refractivity contribution in [3.05, 3.63) is 6.42 Å². The maximum atomic E-state index is 2.51. The van der Waals surface area contributed by atoms with Crippen molar-refractivity contribution in [2.75, 3.05) is 0 Å². The van der Waals surface area contributed by atoms with Crippen molar-refractivity contribution in [1.29, 1.82) is 0 Å². The predicted molar refractivity (Wildman–Crippen MR) is 64.2 cm³/mol. The second-order valence-corrected chi connectivity index (χ2v) is 4.97. The lowest BCUT2D eigenvalue weighted by molar-refractivity contribution is 0.297. The molecule has 2 unspecified atom stereocenters. The summed E-state index contributed by atoms with van der Waals surface area (Å²) in [6.07, 6.45) is 15.4. The minimum atomic E-state index is 1.02. The third-order valence-electron chi connectivity index (χ3n) is 3.73. The fourth-order valence-electron chi connectivity index (χ4n) is 2.69. The van der Waals surface area contributed by atoms with Gasteiger partial charge in [0.25, 0.3) is 0 Å². The average Bonchev–Trinajstić information content (AvgIpc) is 2.25. The van der Waals surface area contributed by atoms with Gasteiger partial charge in [0.05, 0.1) is 0 Å². The molecule has 2 atom stereocenters. The average molecular weight is 195 g/mol. The number of hydrogen-bond donors (Lipinski definition) is 0. The van der Waals surface area contributed by atoms with Crippen LogP contribution in [0.3, 0.4) is 0 Å². The second kappa shape index (κ2) is 7.31. The van der Waals surface area contributed by atoms with Gasteiger partial charge in [0.2, 0.25) is 0 Å². The molecule has 0 aromatic heterocycles. The zero-order valence-corrected chi connectivity index (χ0v) is 10.1. The molecule has 1 saturated carbocycles. The third-order valence-corrected chi connectivity index (χ3v) is 3.73. The molecule has 0 N–H and O–H groups in total. The number of hydrogen-bond acceptors (Lipinski definition) is 0. The van der Waals surface area contributed by atoms with E-state index in [1.54, 1.807) is 0 Å². The van der Waals surface area contributed by atoms with Gasteiger partial charge in [0, 0.05) is 0 Å². The van der Waals surface area contributed by atoms with Gasteiger partial charge in [-0.1, -0.05) is 58.8 Å². The van der Waals surface area contributed by atoms with Crippen LogP contribution in [0.15, 0.2) is 0 Å². The molecule has 0 aromatic carbocycles. The first-order valence-corrected chi connectivity index (χ1v) is 6.68. The van der Waals surface area contributed by atoms with Crippen LogP contribution in [0, 0.1) is 18.3 Å². The zero-order valence-electron chi connectivity index (χ0n) is 10.1. The second-order valence-electron chi connectivity index (χ2n) is 4.97. The van der Waals surface area contributed by atoms with Crippen LogP contribution in [0.25, 0.3) is 0 Å². The zero-order chi connectivity index (χ0) is 10.2. The highest BCUT2D eigenvalue weighted by Crippen LogP contribution is 2.31. The Balaban J connectivity index is 2.16. The first-order chi connectivity index (χ1) is 6.86. The van der Waals surface area contributed by atoms with Crippen molar-refractivity contribution >= 4 is 0 Å². The molecule has 1 radical (unpaired) electrons. The van der Waals surface area contributed by atoms with E-state index in [1.807, 2.05) is 0 Å². The summed E-state index contributed by atoms with van der Waals surface area (Å²) in [5.74, 6) is 2.05. The molecule has 1 aliphatic rings. The minimum absolute atomic E-state index is 1.02. The van der Waals surface area contributed by atoms with E-state index in [1.165, 1.54) is 57.8 Å². The van der Waals surface area contributed by atoms with Gasteiger partial charge in [-0.25, -0.2) is 0 Å². The van der Waals surface area contributed by atoms with Crippen LogP contribution in [-0.2, 0) is 0 Å². The maximum Gasteiger partial charge on any atom is -0.0383 e. The summed E-state index contributed by atoms with van der Waals surface area (Å²) in [6.45, 7) is 4.67. The van der Waals surface area contributed by atoms with Crippen LogP contribution in [-0.4, -0.2) is 0 Å². The summed E-state index contributed by atoms with van der Waals surface area (Å²) in [5, 5.41) is 0. The molecule has 83 valence electrons. The Morgan fingerprint density at radius 3 is 2.79 bits per heavy atom. The van der Waals surface area contributed by atoms with Gasteiger partial charge in [0.15, 0.2) is 0 Å². The monoisotopic (exact) mass is 195 g/mol. The number of rotatable bonds is 6. The van der Waals surface area contributed by atoms with Crippen molar-refractivity contribution in [2.24, 2.45) is 11.8 Å². The Kier molecular flexibility index (Phi) is 6.31. The molecule has 1 aliphatic carbocycles. The highest BCUT2D eigenvalue weighted by atomic mass is 14.2. The Hall–Kier alpha value is 0. The fraction of sp³-hybridized carbons (Fsp3) is 0.929. The summed E-state index contributed by atoms with van der Waals surface area (Å²) in [4.78, 5) is 0. The quantitative estimate of drug-likeness (QED) is 0.560. The maximum absolute atomic E-state index is 2.51. The van der Waals surface area contributed by atoms with Crippen molar-refractivity contribution in [3.8, 4) is 0 Å². The summed E-state index contributed by atoms with van der Waals surface area (Å²) in [7, 11) is 0. The first kappa shape index (κ1) is 12.1. The van der Waals surface area contributed by atoms with E-state index in [2.05, 4.69) is 20.3 Å². The molecule has 1 fully saturated rings. The molecule has 0 nitrogen and oxygen atoms in total. The minimum Gasteiger partial charge on any atom is -0.0654 e. The summed E-state index contributed by atoms with van der Waals surface area (Å²) < 4.78 is 0. The molecule has 14 heavy (non-hydrogen) atoms. The molecular formula is C14H27. The SMILES string of the molecule is CCCCC(CC)CC1C[CH]CCC1. The van der Waals surface area contributed by atoms with Crippen LogP contribution >= 0.6 is 0 Å². The molecule has 0 aliphatic heterocycles. The van der Waals surface area contributed by atoms with E-state index in [-0.39, 0.29) is 0 Å². The lowest BCUT2D eigenvalue weighted by Gasteiger charge is -2.25. The Labute approximate surface area is 90.5 Å². The van der Waals surface area contributed by atoms with Gasteiger partial charge in [-0.2, -0.15) is 0 Å². The van der Waals surface area contributed by atoms with Gasteiger partial charge in [-0.15, -0.1) is 0 Å². The van der Waals surface area contributed by atoms with Crippen molar-refractivity contribution in [3.63, 3.8) is 0 Å². The Morgan fingerprint density at radius 1 is 1.36 bits per heavy atom. The largest absolute Gasteiger partial charge is 0.0654 e. The standard InChI is InChI=1S/C14H27/c1-3-5-9-13(4-2)12-14-10-7-6-8-11-14/h7,13-14H,3-6,8-12H2,1-2H3. The van der Waals surface area contributed by atoms with Crippen LogP contribution in [0.1, 0.15) is 71.6 Å². The van der Waals surface area contributed by atoms with Crippen LogP contribution < -0.4 is 0 Å². The van der Waals surface area contributed by atoms with E-state index in [9.17, 15) is 0 Å². The number of unbranched alkanes of at least 4 members (excludes halogenated alkanes) is 1. The van der Waals surface area contributed by atoms with E-state index in [0.717, 1.165) is 11.8 Å². The Morgan fingerprint density at radius 2 is 2.21 bits per heavy atom. The summed E-state index contributed by atoms with van der Waals surface area (Å²) in [6, 6.07) is 0. The summed E-state index contributed by atoms with van der Waals surface area (Å²) in [5.41, 5.74) is 0. The molecule has 0 bridgehead atoms. The van der Waals surface area contributed by atoms with Gasteiger partial charge in [-0.3, -0.25) is 0 Å². The van der Waals surface area contributed by atoms with E-state index < -0.39 is 0 Å². The van der Waals surface area contributed by atoms with Crippen LogP contribution in [0.4, 0.5) is 0 Å². The van der Waals surface area contributed by atoms with Gasteiger partial charge in [0.1, 0.15) is 0 Å². The third kappa shape index (κ3) is 4.48. The van der Waals surface area contributed by atoms with Crippen molar-refractivity contribution in [1.82, 2.24) is 0 Å². The highest BCUT2D eigenvalue weighted by molar-refractivity contribution is 4.79. The molecule has 0 heteroatoms. The molecule has 0 amide bonds. The lowest BCUT2D eigenvalue weighted by Crippen LogP contribution is -2.12. The van der Waals surface area contributed by atoms with Crippen molar-refractivity contribution < 1.29 is 0 Å². The molecule has 0 heterocycles. The van der Waals surface area contributed by atoms with E-state index in [0.29, 0.717) is 0 Å². The topological polar surface area (TPSA) is 0 Å². The first-order valence-electron chi connectivity index (χ1n) is 6.68.